The molecule has 0 spiro atoms. The third kappa shape index (κ3) is 2.09. The van der Waals surface area contributed by atoms with Gasteiger partial charge in [-0.2, -0.15) is 27.8 Å². The molecule has 1 aliphatic heterocycles. The van der Waals surface area contributed by atoms with Gasteiger partial charge in [0, 0.05) is 25.2 Å². The van der Waals surface area contributed by atoms with Crippen LogP contribution in [-0.4, -0.2) is 38.7 Å². The van der Waals surface area contributed by atoms with Crippen molar-refractivity contribution in [2.75, 3.05) is 18.0 Å². The third-order valence-electron chi connectivity index (χ3n) is 3.07. The van der Waals surface area contributed by atoms with Crippen molar-refractivity contribution in [3.8, 4) is 0 Å². The normalized spacial score (nSPS) is 20.4. The van der Waals surface area contributed by atoms with Crippen LogP contribution in [0.5, 0.6) is 0 Å². The number of nitrogens with zero attached hydrogens (tertiary/aromatic N) is 5. The van der Waals surface area contributed by atoms with E-state index in [1.54, 1.807) is 4.90 Å². The van der Waals surface area contributed by atoms with Gasteiger partial charge in [-0.25, -0.2) is 4.98 Å². The van der Waals surface area contributed by atoms with Gasteiger partial charge in [0.2, 0.25) is 0 Å². The molecule has 0 unspecified atom stereocenters. The van der Waals surface area contributed by atoms with Gasteiger partial charge < -0.3 is 10.6 Å². The summed E-state index contributed by atoms with van der Waals surface area (Å²) in [5.41, 5.74) is 4.81. The lowest BCUT2D eigenvalue weighted by molar-refractivity contribution is -0.141. The van der Waals surface area contributed by atoms with Crippen LogP contribution in [0.25, 0.3) is 5.78 Å². The average molecular weight is 272 g/mol. The molecule has 1 saturated heterocycles. The van der Waals surface area contributed by atoms with Crippen LogP contribution in [0.3, 0.4) is 0 Å². The molecule has 19 heavy (non-hydrogen) atoms. The molecule has 0 saturated carbocycles. The summed E-state index contributed by atoms with van der Waals surface area (Å²) in [6, 6.07) is 0.945. The molecule has 1 fully saturated rings. The quantitative estimate of drug-likeness (QED) is 0.826. The molecule has 102 valence electrons. The van der Waals surface area contributed by atoms with Crippen LogP contribution in [0.15, 0.2) is 12.4 Å². The minimum Gasteiger partial charge on any atom is -0.355 e. The molecule has 0 bridgehead atoms. The number of rotatable bonds is 1. The fourth-order valence-electron chi connectivity index (χ4n) is 2.16. The van der Waals surface area contributed by atoms with E-state index in [2.05, 4.69) is 15.1 Å². The van der Waals surface area contributed by atoms with Crippen LogP contribution in [0.1, 0.15) is 12.1 Å². The maximum atomic E-state index is 12.8. The van der Waals surface area contributed by atoms with E-state index in [1.165, 1.54) is 10.8 Å². The third-order valence-corrected chi connectivity index (χ3v) is 3.07. The molecule has 2 aromatic heterocycles. The van der Waals surface area contributed by atoms with Crippen LogP contribution in [0.2, 0.25) is 0 Å². The highest BCUT2D eigenvalue weighted by Gasteiger charge is 2.35. The van der Waals surface area contributed by atoms with E-state index in [9.17, 15) is 13.2 Å². The van der Waals surface area contributed by atoms with Gasteiger partial charge in [-0.3, -0.25) is 0 Å². The minimum atomic E-state index is -4.51. The highest BCUT2D eigenvalue weighted by Crippen LogP contribution is 2.31. The first kappa shape index (κ1) is 12.2. The van der Waals surface area contributed by atoms with Gasteiger partial charge in [0.25, 0.3) is 5.78 Å². The fourth-order valence-corrected chi connectivity index (χ4v) is 2.16. The molecular formula is C10H11F3N6. The topological polar surface area (TPSA) is 72.3 Å². The first-order valence-corrected chi connectivity index (χ1v) is 5.73. The Bertz CT molecular complexity index is 607. The van der Waals surface area contributed by atoms with E-state index < -0.39 is 11.9 Å². The first-order valence-electron chi connectivity index (χ1n) is 5.73. The van der Waals surface area contributed by atoms with Gasteiger partial charge in [0.1, 0.15) is 12.1 Å². The predicted molar refractivity (Wildman–Crippen MR) is 60.6 cm³/mol. The standard InChI is InChI=1S/C10H11F3N6/c11-10(12,13)7-3-8(18-2-1-6(14)4-18)19-9(17-7)15-5-16-19/h3,5-6H,1-2,4,14H2/t6-/m1/s1. The second-order valence-corrected chi connectivity index (χ2v) is 4.46. The summed E-state index contributed by atoms with van der Waals surface area (Å²) >= 11 is 0. The molecule has 3 heterocycles. The average Bonchev–Trinajstić information content (AvgIpc) is 2.94. The summed E-state index contributed by atoms with van der Waals surface area (Å²) in [7, 11) is 0. The second-order valence-electron chi connectivity index (χ2n) is 4.46. The highest BCUT2D eigenvalue weighted by molar-refractivity contribution is 5.48. The summed E-state index contributed by atoms with van der Waals surface area (Å²) < 4.78 is 39.7. The van der Waals surface area contributed by atoms with E-state index in [0.717, 1.165) is 12.5 Å². The SMILES string of the molecule is N[C@@H]1CCN(c2cc(C(F)(F)F)nc3ncnn23)C1. The van der Waals surface area contributed by atoms with Gasteiger partial charge in [-0.15, -0.1) is 0 Å². The number of hydrogen-bond acceptors (Lipinski definition) is 5. The number of halogens is 3. The Hall–Kier alpha value is -1.90. The van der Waals surface area contributed by atoms with Crippen molar-refractivity contribution in [1.29, 1.82) is 0 Å². The van der Waals surface area contributed by atoms with E-state index in [1.807, 2.05) is 0 Å². The van der Waals surface area contributed by atoms with Gasteiger partial charge >= 0.3 is 6.18 Å². The van der Waals surface area contributed by atoms with Gasteiger partial charge in [-0.1, -0.05) is 0 Å². The van der Waals surface area contributed by atoms with E-state index >= 15 is 0 Å². The maximum absolute atomic E-state index is 12.8. The van der Waals surface area contributed by atoms with Gasteiger partial charge in [-0.05, 0) is 6.42 Å². The van der Waals surface area contributed by atoms with Crippen molar-refractivity contribution >= 4 is 11.6 Å². The number of aromatic nitrogens is 4. The molecular weight excluding hydrogens is 261 g/mol. The van der Waals surface area contributed by atoms with E-state index in [-0.39, 0.29) is 11.8 Å². The zero-order valence-corrected chi connectivity index (χ0v) is 9.80. The molecule has 0 radical (unpaired) electrons. The first-order chi connectivity index (χ1) is 8.95. The molecule has 1 aliphatic rings. The Morgan fingerprint density at radius 1 is 1.37 bits per heavy atom. The monoisotopic (exact) mass is 272 g/mol. The van der Waals surface area contributed by atoms with E-state index in [0.29, 0.717) is 18.9 Å². The molecule has 3 rings (SSSR count). The summed E-state index contributed by atoms with van der Waals surface area (Å²) in [5.74, 6) is 0.257. The van der Waals surface area contributed by atoms with Crippen LogP contribution in [-0.2, 0) is 6.18 Å². The van der Waals surface area contributed by atoms with Crippen LogP contribution in [0, 0.1) is 0 Å². The summed E-state index contributed by atoms with van der Waals surface area (Å²) in [6.07, 6.45) is -2.59. The number of nitrogens with two attached hydrogens (primary N) is 1. The Balaban J connectivity index is 2.13. The summed E-state index contributed by atoms with van der Waals surface area (Å²) in [5, 5.41) is 3.90. The summed E-state index contributed by atoms with van der Waals surface area (Å²) in [4.78, 5) is 8.96. The van der Waals surface area contributed by atoms with Crippen LogP contribution < -0.4 is 10.6 Å². The maximum Gasteiger partial charge on any atom is 0.433 e. The number of hydrogen-bond donors (Lipinski definition) is 1. The fraction of sp³-hybridized carbons (Fsp3) is 0.500. The zero-order valence-electron chi connectivity index (χ0n) is 9.80. The smallest absolute Gasteiger partial charge is 0.355 e. The van der Waals surface area contributed by atoms with Crippen LogP contribution in [0.4, 0.5) is 19.0 Å². The number of anilines is 1. The number of alkyl halides is 3. The van der Waals surface area contributed by atoms with Crippen molar-refractivity contribution in [2.45, 2.75) is 18.6 Å². The largest absolute Gasteiger partial charge is 0.433 e. The zero-order chi connectivity index (χ0) is 13.6. The Labute approximate surface area is 106 Å². The number of fused-ring (bicyclic) bond motifs is 1. The molecule has 9 heteroatoms. The van der Waals surface area contributed by atoms with Crippen molar-refractivity contribution in [3.05, 3.63) is 18.1 Å². The molecule has 6 nitrogen and oxygen atoms in total. The Morgan fingerprint density at radius 2 is 2.16 bits per heavy atom. The molecule has 0 aromatic carbocycles. The van der Waals surface area contributed by atoms with Crippen molar-refractivity contribution in [1.82, 2.24) is 19.6 Å². The summed E-state index contributed by atoms with van der Waals surface area (Å²) in [6.45, 7) is 1.09. The molecule has 0 amide bonds. The van der Waals surface area contributed by atoms with E-state index in [4.69, 9.17) is 5.73 Å². The molecule has 2 aromatic rings. The van der Waals surface area contributed by atoms with Crippen molar-refractivity contribution < 1.29 is 13.2 Å². The highest BCUT2D eigenvalue weighted by atomic mass is 19.4. The lowest BCUT2D eigenvalue weighted by Gasteiger charge is -2.19. The van der Waals surface area contributed by atoms with Crippen molar-refractivity contribution in [3.63, 3.8) is 0 Å². The van der Waals surface area contributed by atoms with Gasteiger partial charge in [0.05, 0.1) is 0 Å². The minimum absolute atomic E-state index is 0.0407. The Morgan fingerprint density at radius 3 is 2.79 bits per heavy atom. The Kier molecular flexibility index (Phi) is 2.59. The lowest BCUT2D eigenvalue weighted by atomic mass is 10.3. The van der Waals surface area contributed by atoms with Crippen LogP contribution >= 0.6 is 0 Å². The molecule has 1 atom stereocenters. The predicted octanol–water partition coefficient (Wildman–Crippen LogP) is 0.680. The van der Waals surface area contributed by atoms with Crippen molar-refractivity contribution in [2.24, 2.45) is 5.73 Å². The van der Waals surface area contributed by atoms with Gasteiger partial charge in [0.15, 0.2) is 5.69 Å². The molecule has 0 aliphatic carbocycles. The lowest BCUT2D eigenvalue weighted by Crippen LogP contribution is -2.28. The molecule has 2 N–H and O–H groups in total. The second kappa shape index (κ2) is 4.05.